The average molecular weight is 548 g/mol. The Morgan fingerprint density at radius 2 is 1.72 bits per heavy atom. The zero-order chi connectivity index (χ0) is 26.5. The number of rotatable bonds is 10. The van der Waals surface area contributed by atoms with Gasteiger partial charge in [0.05, 0.1) is 36.6 Å². The van der Waals surface area contributed by atoms with Crippen LogP contribution in [0.2, 0.25) is 0 Å². The van der Waals surface area contributed by atoms with Gasteiger partial charge >= 0.3 is 0 Å². The summed E-state index contributed by atoms with van der Waals surface area (Å²) >= 11 is 0. The molecule has 2 aromatic rings. The van der Waals surface area contributed by atoms with Crippen LogP contribution >= 0.6 is 0 Å². The molecule has 36 heavy (non-hydrogen) atoms. The summed E-state index contributed by atoms with van der Waals surface area (Å²) in [5.41, 5.74) is -0.192. The van der Waals surface area contributed by atoms with Crippen molar-refractivity contribution in [1.29, 1.82) is 0 Å². The number of halogens is 2. The molecule has 0 aliphatic carbocycles. The highest BCUT2D eigenvalue weighted by molar-refractivity contribution is 7.92. The maximum Gasteiger partial charge on any atom is 0.243 e. The molecule has 0 bridgehead atoms. The first-order valence-electron chi connectivity index (χ1n) is 10.9. The van der Waals surface area contributed by atoms with E-state index in [1.165, 1.54) is 35.5 Å². The van der Waals surface area contributed by atoms with Gasteiger partial charge in [0.25, 0.3) is 0 Å². The number of benzene rings is 2. The summed E-state index contributed by atoms with van der Waals surface area (Å²) in [7, 11) is -7.63. The molecule has 1 aliphatic rings. The lowest BCUT2D eigenvalue weighted by Crippen LogP contribution is -2.48. The van der Waals surface area contributed by atoms with E-state index < -0.39 is 43.6 Å². The number of sulfonamides is 2. The number of carbonyl (C=O) groups is 1. The van der Waals surface area contributed by atoms with Crippen molar-refractivity contribution in [3.63, 3.8) is 0 Å². The van der Waals surface area contributed by atoms with Crippen LogP contribution < -0.4 is 14.4 Å². The van der Waals surface area contributed by atoms with Crippen molar-refractivity contribution in [3.8, 4) is 5.75 Å². The molecule has 1 amide bonds. The zero-order valence-electron chi connectivity index (χ0n) is 19.7. The fraction of sp³-hybridized carbons (Fsp3) is 0.409. The van der Waals surface area contributed by atoms with Crippen LogP contribution in [-0.4, -0.2) is 78.8 Å². The molecule has 0 saturated carbocycles. The molecule has 198 valence electrons. The van der Waals surface area contributed by atoms with Gasteiger partial charge in [0.2, 0.25) is 26.0 Å². The normalized spacial score (nSPS) is 15.8. The molecule has 1 fully saturated rings. The molecule has 2 aromatic carbocycles. The van der Waals surface area contributed by atoms with Gasteiger partial charge in [-0.3, -0.25) is 9.10 Å². The van der Waals surface area contributed by atoms with Gasteiger partial charge in [0, 0.05) is 19.2 Å². The Bertz CT molecular complexity index is 1280. The number of ether oxygens (including phenoxy) is 2. The smallest absolute Gasteiger partial charge is 0.243 e. The number of hydrogen-bond donors (Lipinski definition) is 1. The van der Waals surface area contributed by atoms with Crippen molar-refractivity contribution in [2.45, 2.75) is 17.9 Å². The quantitative estimate of drug-likeness (QED) is 0.446. The van der Waals surface area contributed by atoms with E-state index in [4.69, 9.17) is 9.47 Å². The van der Waals surface area contributed by atoms with Gasteiger partial charge in [-0.2, -0.15) is 4.31 Å². The minimum Gasteiger partial charge on any atom is -0.492 e. The number of amides is 1. The number of hydrogen-bond acceptors (Lipinski definition) is 7. The summed E-state index contributed by atoms with van der Waals surface area (Å²) in [4.78, 5) is 12.7. The van der Waals surface area contributed by atoms with Gasteiger partial charge < -0.3 is 14.8 Å². The van der Waals surface area contributed by atoms with Gasteiger partial charge in [-0.05, 0) is 43.3 Å². The van der Waals surface area contributed by atoms with E-state index >= 15 is 0 Å². The molecule has 1 N–H and O–H groups in total. The molecule has 0 aromatic heterocycles. The third kappa shape index (κ3) is 6.69. The maximum atomic E-state index is 13.6. The second-order valence-electron chi connectivity index (χ2n) is 7.96. The minimum absolute atomic E-state index is 0.00633. The SMILES string of the molecule is C[C@@H](C(=O)NCCOc1ccc(S(=O)(=O)N2CCOCC2)cc1)N(c1ccc(F)c(F)c1)S(C)(=O)=O. The van der Waals surface area contributed by atoms with Crippen LogP contribution in [0.4, 0.5) is 14.5 Å². The Labute approximate surface area is 208 Å². The predicted octanol–water partition coefficient (Wildman–Crippen LogP) is 1.34. The molecule has 1 heterocycles. The van der Waals surface area contributed by atoms with Crippen LogP contribution in [0, 0.1) is 11.6 Å². The first kappa shape index (κ1) is 27.8. The summed E-state index contributed by atoms with van der Waals surface area (Å²) in [6.45, 7) is 2.58. The number of nitrogens with zero attached hydrogens (tertiary/aromatic N) is 2. The molecule has 14 heteroatoms. The maximum absolute atomic E-state index is 13.6. The molecular formula is C22H27F2N3O7S2. The second-order valence-corrected chi connectivity index (χ2v) is 11.8. The Kier molecular flexibility index (Phi) is 8.87. The van der Waals surface area contributed by atoms with Crippen LogP contribution in [0.5, 0.6) is 5.75 Å². The van der Waals surface area contributed by atoms with Crippen LogP contribution in [0.15, 0.2) is 47.4 Å². The first-order valence-corrected chi connectivity index (χ1v) is 14.2. The van der Waals surface area contributed by atoms with Gasteiger partial charge in [0.1, 0.15) is 18.4 Å². The lowest BCUT2D eigenvalue weighted by Gasteiger charge is -2.28. The summed E-state index contributed by atoms with van der Waals surface area (Å²) < 4.78 is 89.4. The molecule has 0 unspecified atom stereocenters. The molecule has 10 nitrogen and oxygen atoms in total. The van der Waals surface area contributed by atoms with Crippen LogP contribution in [0.25, 0.3) is 0 Å². The number of nitrogens with one attached hydrogen (secondary N) is 1. The Hall–Kier alpha value is -2.81. The van der Waals surface area contributed by atoms with Gasteiger partial charge in [-0.25, -0.2) is 25.6 Å². The highest BCUT2D eigenvalue weighted by Gasteiger charge is 2.30. The van der Waals surface area contributed by atoms with E-state index in [0.717, 1.165) is 18.4 Å². The summed E-state index contributed by atoms with van der Waals surface area (Å²) in [5, 5.41) is 2.53. The fourth-order valence-electron chi connectivity index (χ4n) is 3.57. The molecule has 0 spiro atoms. The molecule has 3 rings (SSSR count). The average Bonchev–Trinajstić information content (AvgIpc) is 2.84. The first-order chi connectivity index (χ1) is 16.9. The van der Waals surface area contributed by atoms with E-state index in [-0.39, 0.29) is 36.8 Å². The fourth-order valence-corrected chi connectivity index (χ4v) is 6.14. The monoisotopic (exact) mass is 547 g/mol. The van der Waals surface area contributed by atoms with E-state index in [1.54, 1.807) is 0 Å². The van der Waals surface area contributed by atoms with Crippen LogP contribution in [0.1, 0.15) is 6.92 Å². The lowest BCUT2D eigenvalue weighted by molar-refractivity contribution is -0.121. The topological polar surface area (TPSA) is 122 Å². The number of morpholine rings is 1. The van der Waals surface area contributed by atoms with Crippen LogP contribution in [-0.2, 0) is 29.6 Å². The second kappa shape index (κ2) is 11.5. The van der Waals surface area contributed by atoms with Gasteiger partial charge in [0.15, 0.2) is 11.6 Å². The van der Waals surface area contributed by atoms with Gasteiger partial charge in [-0.1, -0.05) is 0 Å². The molecule has 1 aliphatic heterocycles. The van der Waals surface area contributed by atoms with Crippen molar-refractivity contribution >= 4 is 31.6 Å². The van der Waals surface area contributed by atoms with Crippen molar-refractivity contribution in [1.82, 2.24) is 9.62 Å². The van der Waals surface area contributed by atoms with Crippen molar-refractivity contribution in [2.75, 3.05) is 50.0 Å². The van der Waals surface area contributed by atoms with Crippen LogP contribution in [0.3, 0.4) is 0 Å². The molecule has 1 saturated heterocycles. The Balaban J connectivity index is 1.55. The standard InChI is InChI=1S/C22H27F2N3O7S2/c1-16(27(35(2,29)30)17-3-8-20(23)21(24)15-17)22(28)25-9-12-34-18-4-6-19(7-5-18)36(31,32)26-10-13-33-14-11-26/h3-8,15-16H,9-14H2,1-2H3,(H,25,28)/t16-/m0/s1. The predicted molar refractivity (Wildman–Crippen MR) is 128 cm³/mol. The molecular weight excluding hydrogens is 520 g/mol. The van der Waals surface area contributed by atoms with E-state index in [2.05, 4.69) is 5.32 Å². The highest BCUT2D eigenvalue weighted by Crippen LogP contribution is 2.23. The molecule has 1 atom stereocenters. The summed E-state index contributed by atoms with van der Waals surface area (Å²) in [6.07, 6.45) is 0.851. The minimum atomic E-state index is -4.00. The Morgan fingerprint density at radius 3 is 2.31 bits per heavy atom. The van der Waals surface area contributed by atoms with E-state index in [1.807, 2.05) is 0 Å². The largest absolute Gasteiger partial charge is 0.492 e. The zero-order valence-corrected chi connectivity index (χ0v) is 21.3. The number of anilines is 1. The van der Waals surface area contributed by atoms with Gasteiger partial charge in [-0.15, -0.1) is 0 Å². The molecule has 0 radical (unpaired) electrons. The number of carbonyl (C=O) groups excluding carboxylic acids is 1. The van der Waals surface area contributed by atoms with Crippen molar-refractivity contribution < 1.29 is 39.9 Å². The Morgan fingerprint density at radius 1 is 1.08 bits per heavy atom. The third-order valence-corrected chi connectivity index (χ3v) is 8.50. The van der Waals surface area contributed by atoms with E-state index in [0.29, 0.717) is 29.3 Å². The highest BCUT2D eigenvalue weighted by atomic mass is 32.2. The summed E-state index contributed by atoms with van der Waals surface area (Å²) in [6, 6.07) is 7.12. The van der Waals surface area contributed by atoms with Crippen molar-refractivity contribution in [2.24, 2.45) is 0 Å². The van der Waals surface area contributed by atoms with Crippen molar-refractivity contribution in [3.05, 3.63) is 54.1 Å². The third-order valence-electron chi connectivity index (χ3n) is 5.35. The summed E-state index contributed by atoms with van der Waals surface area (Å²) in [5.74, 6) is -2.70. The lowest BCUT2D eigenvalue weighted by atomic mass is 10.2. The van der Waals surface area contributed by atoms with E-state index in [9.17, 15) is 30.4 Å².